The molecule has 0 spiro atoms. The number of fused-ring (bicyclic) bond motifs is 1. The topological polar surface area (TPSA) is 27.1 Å². The van der Waals surface area contributed by atoms with Crippen LogP contribution in [0.25, 0.3) is 10.9 Å². The van der Waals surface area contributed by atoms with Crippen LogP contribution in [0.4, 0.5) is 0 Å². The van der Waals surface area contributed by atoms with E-state index < -0.39 is 0 Å². The summed E-state index contributed by atoms with van der Waals surface area (Å²) < 4.78 is 8.41. The number of rotatable bonds is 1. The predicted octanol–water partition coefficient (Wildman–Crippen LogP) is 2.21. The molecule has 1 aromatic carbocycles. The fourth-order valence-corrected chi connectivity index (χ4v) is 2.09. The molecule has 1 saturated heterocycles. The lowest BCUT2D eigenvalue weighted by atomic mass is 10.2. The van der Waals surface area contributed by atoms with Crippen LogP contribution in [0.1, 0.15) is 6.04 Å². The number of benzene rings is 1. The van der Waals surface area contributed by atoms with Crippen molar-refractivity contribution in [1.29, 1.82) is 0 Å². The largest absolute Gasteiger partial charge is 0.377 e. The smallest absolute Gasteiger partial charge is 0.0985 e. The Morgan fingerprint density at radius 1 is 1.43 bits per heavy atom. The zero-order valence-corrected chi connectivity index (χ0v) is 9.64. The van der Waals surface area contributed by atoms with Crippen molar-refractivity contribution in [3.63, 3.8) is 0 Å². The first kappa shape index (κ1) is 8.67. The van der Waals surface area contributed by atoms with Crippen LogP contribution in [0.5, 0.6) is 0 Å². The van der Waals surface area contributed by atoms with Gasteiger partial charge < -0.3 is 4.74 Å². The number of hydrogen-bond acceptors (Lipinski definition) is 2. The van der Waals surface area contributed by atoms with Crippen molar-refractivity contribution in [2.24, 2.45) is 0 Å². The highest BCUT2D eigenvalue weighted by molar-refractivity contribution is 14.1. The van der Waals surface area contributed by atoms with E-state index in [0.29, 0.717) is 6.04 Å². The zero-order valence-electron chi connectivity index (χ0n) is 7.48. The molecular weight excluding hydrogens is 291 g/mol. The maximum atomic E-state index is 5.15. The molecule has 1 aliphatic heterocycles. The average molecular weight is 300 g/mol. The maximum absolute atomic E-state index is 5.15. The fourth-order valence-electron chi connectivity index (χ4n) is 1.58. The fraction of sp³-hybridized carbons (Fsp3) is 0.300. The van der Waals surface area contributed by atoms with Crippen LogP contribution in [0.2, 0.25) is 0 Å². The summed E-state index contributed by atoms with van der Waals surface area (Å²) in [6, 6.07) is 6.74. The van der Waals surface area contributed by atoms with E-state index in [-0.39, 0.29) is 0 Å². The first-order chi connectivity index (χ1) is 6.83. The van der Waals surface area contributed by atoms with Crippen molar-refractivity contribution < 1.29 is 4.74 Å². The molecule has 1 aliphatic rings. The van der Waals surface area contributed by atoms with E-state index in [9.17, 15) is 0 Å². The van der Waals surface area contributed by atoms with Gasteiger partial charge in [-0.15, -0.1) is 0 Å². The van der Waals surface area contributed by atoms with E-state index in [1.165, 1.54) is 8.96 Å². The van der Waals surface area contributed by atoms with Gasteiger partial charge in [0.1, 0.15) is 0 Å². The molecule has 3 nitrogen and oxygen atoms in total. The Bertz CT molecular complexity index is 476. The summed E-state index contributed by atoms with van der Waals surface area (Å²) in [7, 11) is 0. The summed E-state index contributed by atoms with van der Waals surface area (Å²) in [4.78, 5) is 0. The van der Waals surface area contributed by atoms with Crippen LogP contribution in [-0.2, 0) is 4.74 Å². The third-order valence-corrected chi connectivity index (χ3v) is 3.15. The molecule has 1 aromatic heterocycles. The van der Waals surface area contributed by atoms with Crippen LogP contribution in [-0.4, -0.2) is 23.0 Å². The minimum atomic E-state index is 0.445. The summed E-state index contributed by atoms with van der Waals surface area (Å²) in [5.74, 6) is 0. The molecule has 0 bridgehead atoms. The maximum Gasteiger partial charge on any atom is 0.0985 e. The van der Waals surface area contributed by atoms with E-state index in [0.717, 1.165) is 18.7 Å². The zero-order chi connectivity index (χ0) is 9.54. The standard InChI is InChI=1S/C10H9IN2O/c11-8-1-2-10-7(3-8)4-13(12-10)9-5-14-6-9/h1-4,9H,5-6H2. The molecule has 4 heteroatoms. The van der Waals surface area contributed by atoms with Gasteiger partial charge in [0.2, 0.25) is 0 Å². The molecule has 0 atom stereocenters. The van der Waals surface area contributed by atoms with Gasteiger partial charge in [0.05, 0.1) is 24.8 Å². The normalized spacial score (nSPS) is 17.2. The minimum absolute atomic E-state index is 0.445. The van der Waals surface area contributed by atoms with Gasteiger partial charge in [-0.2, -0.15) is 5.10 Å². The molecule has 72 valence electrons. The number of halogens is 1. The van der Waals surface area contributed by atoms with E-state index >= 15 is 0 Å². The molecule has 0 unspecified atom stereocenters. The van der Waals surface area contributed by atoms with Crippen molar-refractivity contribution >= 4 is 33.5 Å². The number of hydrogen-bond donors (Lipinski definition) is 0. The Morgan fingerprint density at radius 2 is 2.29 bits per heavy atom. The second-order valence-electron chi connectivity index (χ2n) is 3.50. The third-order valence-electron chi connectivity index (χ3n) is 2.48. The molecule has 3 rings (SSSR count). The van der Waals surface area contributed by atoms with Crippen molar-refractivity contribution in [3.8, 4) is 0 Å². The Kier molecular flexibility index (Phi) is 1.98. The van der Waals surface area contributed by atoms with Crippen LogP contribution < -0.4 is 0 Å². The second kappa shape index (κ2) is 3.20. The lowest BCUT2D eigenvalue weighted by Gasteiger charge is -2.25. The summed E-state index contributed by atoms with van der Waals surface area (Å²) in [6.45, 7) is 1.59. The number of nitrogens with zero attached hydrogens (tertiary/aromatic N) is 2. The van der Waals surface area contributed by atoms with Crippen LogP contribution in [0, 0.1) is 3.57 Å². The first-order valence-electron chi connectivity index (χ1n) is 4.55. The van der Waals surface area contributed by atoms with E-state index in [4.69, 9.17) is 4.74 Å². The highest BCUT2D eigenvalue weighted by atomic mass is 127. The molecule has 0 saturated carbocycles. The number of ether oxygens (including phenoxy) is 1. The van der Waals surface area contributed by atoms with Crippen LogP contribution >= 0.6 is 22.6 Å². The highest BCUT2D eigenvalue weighted by Gasteiger charge is 2.21. The van der Waals surface area contributed by atoms with Gasteiger partial charge in [-0.1, -0.05) is 0 Å². The molecule has 0 radical (unpaired) electrons. The van der Waals surface area contributed by atoms with Crippen molar-refractivity contribution in [1.82, 2.24) is 9.78 Å². The Labute approximate surface area is 95.2 Å². The van der Waals surface area contributed by atoms with Gasteiger partial charge in [0.25, 0.3) is 0 Å². The highest BCUT2D eigenvalue weighted by Crippen LogP contribution is 2.21. The van der Waals surface area contributed by atoms with Crippen LogP contribution in [0.15, 0.2) is 24.4 Å². The van der Waals surface area contributed by atoms with E-state index in [1.54, 1.807) is 0 Å². The SMILES string of the molecule is Ic1ccc2nn(C3COC3)cc2c1. The molecule has 0 aliphatic carbocycles. The lowest BCUT2D eigenvalue weighted by molar-refractivity contribution is -0.0283. The summed E-state index contributed by atoms with van der Waals surface area (Å²) in [6.07, 6.45) is 2.10. The molecule has 1 fully saturated rings. The third kappa shape index (κ3) is 1.33. The lowest BCUT2D eigenvalue weighted by Crippen LogP contribution is -2.30. The van der Waals surface area contributed by atoms with Crippen LogP contribution in [0.3, 0.4) is 0 Å². The van der Waals surface area contributed by atoms with Gasteiger partial charge in [-0.05, 0) is 40.8 Å². The molecular formula is C10H9IN2O. The molecule has 2 aromatic rings. The monoisotopic (exact) mass is 300 g/mol. The average Bonchev–Trinajstić information content (AvgIpc) is 2.43. The van der Waals surface area contributed by atoms with Crippen molar-refractivity contribution in [3.05, 3.63) is 28.0 Å². The first-order valence-corrected chi connectivity index (χ1v) is 5.63. The van der Waals surface area contributed by atoms with Gasteiger partial charge in [-0.25, -0.2) is 0 Å². The Morgan fingerprint density at radius 3 is 3.00 bits per heavy atom. The number of aromatic nitrogens is 2. The quantitative estimate of drug-likeness (QED) is 0.755. The summed E-state index contributed by atoms with van der Waals surface area (Å²) in [5.41, 5.74) is 1.07. The minimum Gasteiger partial charge on any atom is -0.377 e. The van der Waals surface area contributed by atoms with Gasteiger partial charge in [0, 0.05) is 15.2 Å². The Hall–Kier alpha value is -0.620. The molecule has 14 heavy (non-hydrogen) atoms. The molecule has 2 heterocycles. The molecule has 0 amide bonds. The van der Waals surface area contributed by atoms with Gasteiger partial charge in [0.15, 0.2) is 0 Å². The van der Waals surface area contributed by atoms with Gasteiger partial charge >= 0.3 is 0 Å². The van der Waals surface area contributed by atoms with E-state index in [1.807, 2.05) is 4.68 Å². The van der Waals surface area contributed by atoms with Crippen molar-refractivity contribution in [2.45, 2.75) is 6.04 Å². The van der Waals surface area contributed by atoms with Crippen molar-refractivity contribution in [2.75, 3.05) is 13.2 Å². The summed E-state index contributed by atoms with van der Waals surface area (Å²) >= 11 is 2.32. The Balaban J connectivity index is 2.10. The second-order valence-corrected chi connectivity index (χ2v) is 4.75. The van der Waals surface area contributed by atoms with E-state index in [2.05, 4.69) is 52.1 Å². The predicted molar refractivity (Wildman–Crippen MR) is 62.3 cm³/mol. The van der Waals surface area contributed by atoms with Gasteiger partial charge in [-0.3, -0.25) is 4.68 Å². The summed E-state index contributed by atoms with van der Waals surface area (Å²) in [5, 5.41) is 5.72. The molecule has 0 N–H and O–H groups in total.